The summed E-state index contributed by atoms with van der Waals surface area (Å²) in [5.74, 6) is -0.359. The smallest absolute Gasteiger partial charge is 0.339 e. The van der Waals surface area contributed by atoms with Crippen molar-refractivity contribution in [3.63, 3.8) is 0 Å². The molecule has 0 saturated heterocycles. The molecule has 0 aromatic heterocycles. The first-order valence-electron chi connectivity index (χ1n) is 9.15. The number of benzene rings is 1. The third-order valence-electron chi connectivity index (χ3n) is 5.34. The third-order valence-corrected chi connectivity index (χ3v) is 5.34. The Morgan fingerprint density at radius 1 is 1.04 bits per heavy atom. The zero-order valence-electron chi connectivity index (χ0n) is 17.2. The van der Waals surface area contributed by atoms with Gasteiger partial charge in [0.05, 0.1) is 6.61 Å². The zero-order chi connectivity index (χ0) is 18.5. The molecule has 0 aliphatic carbocycles. The van der Waals surface area contributed by atoms with E-state index in [1.165, 1.54) is 0 Å². The van der Waals surface area contributed by atoms with Gasteiger partial charge in [0.15, 0.2) is 0 Å². The van der Waals surface area contributed by atoms with Gasteiger partial charge < -0.3 is 9.84 Å². The summed E-state index contributed by atoms with van der Waals surface area (Å²) < 4.78 is 5.98. The second-order valence-corrected chi connectivity index (χ2v) is 7.88. The molecule has 0 bridgehead atoms. The monoisotopic (exact) mass is 398 g/mol. The van der Waals surface area contributed by atoms with E-state index in [0.29, 0.717) is 17.9 Å². The van der Waals surface area contributed by atoms with Crippen LogP contribution < -0.4 is 4.74 Å². The number of carboxylic acids is 1. The summed E-state index contributed by atoms with van der Waals surface area (Å²) in [6.45, 7) is 15.6. The van der Waals surface area contributed by atoms with Crippen molar-refractivity contribution in [1.29, 1.82) is 0 Å². The Bertz CT molecular complexity index is 577. The van der Waals surface area contributed by atoms with Gasteiger partial charge in [-0.1, -0.05) is 61.0 Å². The number of rotatable bonds is 9. The second kappa shape index (κ2) is 9.71. The summed E-state index contributed by atoms with van der Waals surface area (Å²) in [5, 5.41) is 9.77. The van der Waals surface area contributed by atoms with E-state index in [9.17, 15) is 9.90 Å². The minimum atomic E-state index is -0.914. The van der Waals surface area contributed by atoms with Gasteiger partial charge in [-0.3, -0.25) is 0 Å². The van der Waals surface area contributed by atoms with Crippen LogP contribution >= 0.6 is 0 Å². The first kappa shape index (κ1) is 24.1. The van der Waals surface area contributed by atoms with Gasteiger partial charge in [-0.15, -0.1) is 0 Å². The molecule has 25 heavy (non-hydrogen) atoms. The molecule has 0 amide bonds. The van der Waals surface area contributed by atoms with Crippen molar-refractivity contribution in [2.75, 3.05) is 6.61 Å². The number of aromatic carboxylic acids is 1. The molecule has 0 atom stereocenters. The Kier molecular flexibility index (Phi) is 9.37. The fraction of sp³-hybridized carbons (Fsp3) is 0.667. The van der Waals surface area contributed by atoms with Crippen LogP contribution in [0.5, 0.6) is 5.75 Å². The number of hydrogen-bond acceptors (Lipinski definition) is 2. The molecule has 0 heterocycles. The fourth-order valence-electron chi connectivity index (χ4n) is 2.55. The van der Waals surface area contributed by atoms with Crippen LogP contribution in [0, 0.1) is 0 Å². The molecular formula is C21H34O3Zn. The van der Waals surface area contributed by atoms with E-state index in [-0.39, 0.29) is 30.3 Å². The minimum Gasteiger partial charge on any atom is -0.492 e. The molecule has 3 nitrogen and oxygen atoms in total. The standard InChI is InChI=1S/C21H34O3.Zn/c1-8-11-12-24-18-16(19(22)23)13-15(20(4,5)9-2)14-17(18)21(6,7)10-3;/h13-14H,8-12H2,1-7H3,(H,22,23);. The molecule has 0 fully saturated rings. The van der Waals surface area contributed by atoms with Crippen molar-refractivity contribution in [1.82, 2.24) is 0 Å². The minimum absolute atomic E-state index is 0. The normalized spacial score (nSPS) is 11.8. The van der Waals surface area contributed by atoms with Gasteiger partial charge in [-0.25, -0.2) is 4.79 Å². The number of unbranched alkanes of at least 4 members (excludes halogenated alkanes) is 1. The summed E-state index contributed by atoms with van der Waals surface area (Å²) >= 11 is 0. The van der Waals surface area contributed by atoms with E-state index < -0.39 is 5.97 Å². The molecule has 0 aliphatic rings. The average Bonchev–Trinajstić information content (AvgIpc) is 2.54. The number of carboxylic acid groups (broad SMARTS) is 1. The van der Waals surface area contributed by atoms with Gasteiger partial charge in [-0.05, 0) is 41.7 Å². The van der Waals surface area contributed by atoms with E-state index in [4.69, 9.17) is 4.74 Å². The van der Waals surface area contributed by atoms with Crippen LogP contribution in [0.25, 0.3) is 0 Å². The Labute approximate surface area is 166 Å². The number of hydrogen-bond donors (Lipinski definition) is 1. The zero-order valence-corrected chi connectivity index (χ0v) is 20.1. The summed E-state index contributed by atoms with van der Waals surface area (Å²) in [7, 11) is 0. The average molecular weight is 400 g/mol. The molecular weight excluding hydrogens is 366 g/mol. The first-order chi connectivity index (χ1) is 11.1. The Morgan fingerprint density at radius 2 is 1.60 bits per heavy atom. The van der Waals surface area contributed by atoms with Gasteiger partial charge in [0.2, 0.25) is 0 Å². The van der Waals surface area contributed by atoms with E-state index in [2.05, 4.69) is 54.5 Å². The SMILES string of the molecule is CCCCOc1c(C(=O)O)cc(C(C)(C)CC)cc1C(C)(C)CC.[Zn]. The van der Waals surface area contributed by atoms with Crippen LogP contribution in [0.2, 0.25) is 0 Å². The van der Waals surface area contributed by atoms with Crippen LogP contribution in [0.3, 0.4) is 0 Å². The molecule has 1 N–H and O–H groups in total. The van der Waals surface area contributed by atoms with Gasteiger partial charge in [0, 0.05) is 25.0 Å². The van der Waals surface area contributed by atoms with Crippen molar-refractivity contribution in [3.8, 4) is 5.75 Å². The van der Waals surface area contributed by atoms with Crippen molar-refractivity contribution in [2.45, 2.75) is 85.0 Å². The quantitative estimate of drug-likeness (QED) is 0.413. The molecule has 0 saturated carbocycles. The maximum atomic E-state index is 11.9. The van der Waals surface area contributed by atoms with E-state index in [1.807, 2.05) is 6.07 Å². The second-order valence-electron chi connectivity index (χ2n) is 7.88. The summed E-state index contributed by atoms with van der Waals surface area (Å²) in [6.07, 6.45) is 3.82. The largest absolute Gasteiger partial charge is 0.492 e. The van der Waals surface area contributed by atoms with E-state index >= 15 is 0 Å². The van der Waals surface area contributed by atoms with Crippen molar-refractivity contribution in [3.05, 3.63) is 28.8 Å². The molecule has 0 aliphatic heterocycles. The van der Waals surface area contributed by atoms with Gasteiger partial charge in [-0.2, -0.15) is 0 Å². The van der Waals surface area contributed by atoms with E-state index in [1.54, 1.807) is 0 Å². The van der Waals surface area contributed by atoms with Crippen LogP contribution in [-0.4, -0.2) is 17.7 Å². The van der Waals surface area contributed by atoms with Crippen molar-refractivity contribution in [2.24, 2.45) is 0 Å². The molecule has 1 aromatic carbocycles. The van der Waals surface area contributed by atoms with Crippen molar-refractivity contribution >= 4 is 5.97 Å². The third kappa shape index (κ3) is 5.81. The summed E-state index contributed by atoms with van der Waals surface area (Å²) in [4.78, 5) is 11.9. The van der Waals surface area contributed by atoms with Crippen LogP contribution in [-0.2, 0) is 30.3 Å². The Morgan fingerprint density at radius 3 is 2.04 bits per heavy atom. The molecule has 0 radical (unpaired) electrons. The first-order valence-corrected chi connectivity index (χ1v) is 9.15. The van der Waals surface area contributed by atoms with Crippen molar-refractivity contribution < 1.29 is 34.1 Å². The molecule has 138 valence electrons. The van der Waals surface area contributed by atoms with Crippen LogP contribution in [0.1, 0.15) is 95.6 Å². The summed E-state index contributed by atoms with van der Waals surface area (Å²) in [5.41, 5.74) is 2.18. The Hall–Kier alpha value is -0.887. The van der Waals surface area contributed by atoms with E-state index in [0.717, 1.165) is 36.8 Å². The predicted octanol–water partition coefficient (Wildman–Crippen LogP) is 5.94. The molecule has 1 aromatic rings. The number of carbonyl (C=O) groups is 1. The van der Waals surface area contributed by atoms with Gasteiger partial charge in [0.25, 0.3) is 0 Å². The predicted molar refractivity (Wildman–Crippen MR) is 100 cm³/mol. The van der Waals surface area contributed by atoms with Gasteiger partial charge in [0.1, 0.15) is 11.3 Å². The topological polar surface area (TPSA) is 46.5 Å². The maximum Gasteiger partial charge on any atom is 0.339 e. The Balaban J connectivity index is 0.00000576. The molecule has 4 heteroatoms. The van der Waals surface area contributed by atoms with Crippen LogP contribution in [0.15, 0.2) is 12.1 Å². The van der Waals surface area contributed by atoms with Crippen LogP contribution in [0.4, 0.5) is 0 Å². The molecule has 1 rings (SSSR count). The molecule has 0 spiro atoms. The summed E-state index contributed by atoms with van der Waals surface area (Å²) in [6, 6.07) is 3.98. The number of ether oxygens (including phenoxy) is 1. The van der Waals surface area contributed by atoms with Gasteiger partial charge >= 0.3 is 5.97 Å². The molecule has 0 unspecified atom stereocenters. The maximum absolute atomic E-state index is 11.9. The fourth-order valence-corrected chi connectivity index (χ4v) is 2.55.